The summed E-state index contributed by atoms with van der Waals surface area (Å²) in [5, 5.41) is 0. The van der Waals surface area contributed by atoms with Crippen molar-refractivity contribution >= 4 is 12.3 Å². The molecule has 0 N–H and O–H groups in total. The fourth-order valence-corrected chi connectivity index (χ4v) is 2.32. The van der Waals surface area contributed by atoms with Gasteiger partial charge in [-0.05, 0) is 38.8 Å². The van der Waals surface area contributed by atoms with E-state index in [1.54, 1.807) is 27.7 Å². The number of carbonyl (C=O) groups is 2. The molecule has 6 heteroatoms. The molecule has 0 radical (unpaired) electrons. The fraction of sp³-hybridized carbons (Fsp3) is 0.300. The Balaban J connectivity index is 1.86. The molecular weight excluding hydrogens is 336 g/mol. The van der Waals surface area contributed by atoms with Crippen molar-refractivity contribution in [1.82, 2.24) is 0 Å². The smallest absolute Gasteiger partial charge is 0.421 e. The first-order valence-corrected chi connectivity index (χ1v) is 8.12. The van der Waals surface area contributed by atoms with Crippen LogP contribution < -0.4 is 0 Å². The molecule has 0 saturated carbocycles. The van der Waals surface area contributed by atoms with Gasteiger partial charge in [-0.3, -0.25) is 0 Å². The summed E-state index contributed by atoms with van der Waals surface area (Å²) in [7, 11) is 0. The number of hydrogen-bond donors (Lipinski definition) is 0. The average molecular weight is 358 g/mol. The van der Waals surface area contributed by atoms with Crippen molar-refractivity contribution in [3.05, 3.63) is 71.8 Å². The Kier molecular flexibility index (Phi) is 5.87. The van der Waals surface area contributed by atoms with E-state index in [2.05, 4.69) is 9.78 Å². The molecule has 0 aromatic heterocycles. The summed E-state index contributed by atoms with van der Waals surface area (Å²) in [6.07, 6.45) is -2.29. The quantitative estimate of drug-likeness (QED) is 0.431. The number of carbonyl (C=O) groups excluding carboxylic acids is 2. The summed E-state index contributed by atoms with van der Waals surface area (Å²) in [6.45, 7) is 6.78. The lowest BCUT2D eigenvalue weighted by molar-refractivity contribution is -0.234. The Morgan fingerprint density at radius 1 is 0.615 bits per heavy atom. The van der Waals surface area contributed by atoms with Gasteiger partial charge >= 0.3 is 12.3 Å². The van der Waals surface area contributed by atoms with Crippen molar-refractivity contribution < 1.29 is 28.8 Å². The first-order chi connectivity index (χ1) is 12.2. The first-order valence-electron chi connectivity index (χ1n) is 8.12. The Morgan fingerprint density at radius 2 is 0.923 bits per heavy atom. The minimum absolute atomic E-state index is 0.768. The molecule has 26 heavy (non-hydrogen) atoms. The van der Waals surface area contributed by atoms with Gasteiger partial charge in [0.05, 0.1) is 0 Å². The molecule has 0 fully saturated rings. The van der Waals surface area contributed by atoms with E-state index >= 15 is 0 Å². The van der Waals surface area contributed by atoms with Crippen LogP contribution in [0.1, 0.15) is 38.8 Å². The number of benzene rings is 2. The molecule has 0 spiro atoms. The summed E-state index contributed by atoms with van der Waals surface area (Å²) in [5.41, 5.74) is -0.362. The molecule has 0 saturated heterocycles. The maximum absolute atomic E-state index is 11.8. The van der Waals surface area contributed by atoms with Gasteiger partial charge in [0.1, 0.15) is 11.2 Å². The largest absolute Gasteiger partial charge is 0.550 e. The van der Waals surface area contributed by atoms with E-state index in [1.807, 2.05) is 60.7 Å². The lowest BCUT2D eigenvalue weighted by atomic mass is 9.98. The highest BCUT2D eigenvalue weighted by Gasteiger charge is 2.30. The molecule has 6 nitrogen and oxygen atoms in total. The maximum Gasteiger partial charge on any atom is 0.550 e. The maximum atomic E-state index is 11.8. The van der Waals surface area contributed by atoms with Crippen LogP contribution in [0.5, 0.6) is 0 Å². The highest BCUT2D eigenvalue weighted by atomic mass is 17.3. The van der Waals surface area contributed by atoms with Crippen LogP contribution in [0.4, 0.5) is 9.59 Å². The highest BCUT2D eigenvalue weighted by molar-refractivity contribution is 5.64. The Morgan fingerprint density at radius 3 is 1.23 bits per heavy atom. The van der Waals surface area contributed by atoms with Crippen molar-refractivity contribution in [3.63, 3.8) is 0 Å². The summed E-state index contributed by atoms with van der Waals surface area (Å²) in [5.74, 6) is 0. The molecule has 0 heterocycles. The van der Waals surface area contributed by atoms with E-state index < -0.39 is 23.5 Å². The van der Waals surface area contributed by atoms with Gasteiger partial charge in [-0.15, -0.1) is 0 Å². The van der Waals surface area contributed by atoms with Crippen molar-refractivity contribution in [2.24, 2.45) is 0 Å². The Labute approximate surface area is 152 Å². The van der Waals surface area contributed by atoms with Crippen LogP contribution in [-0.2, 0) is 30.5 Å². The monoisotopic (exact) mass is 358 g/mol. The van der Waals surface area contributed by atoms with Crippen molar-refractivity contribution in [2.75, 3.05) is 0 Å². The van der Waals surface area contributed by atoms with Crippen LogP contribution in [0.3, 0.4) is 0 Å². The SMILES string of the molecule is CC(C)(OC(=O)OOC(=O)OC(C)(C)c1ccccc1)c1ccccc1. The van der Waals surface area contributed by atoms with Crippen LogP contribution in [0, 0.1) is 0 Å². The molecule has 138 valence electrons. The summed E-state index contributed by atoms with van der Waals surface area (Å²) >= 11 is 0. The topological polar surface area (TPSA) is 71.1 Å². The number of hydrogen-bond acceptors (Lipinski definition) is 6. The van der Waals surface area contributed by atoms with E-state index in [-0.39, 0.29) is 0 Å². The minimum atomic E-state index is -1.15. The normalized spacial score (nSPS) is 11.4. The standard InChI is InChI=1S/C20H22O6/c1-19(2,15-11-7-5-8-12-15)23-17(21)25-26-18(22)24-20(3,4)16-13-9-6-10-14-16/h5-14H,1-4H3. The number of rotatable bonds is 4. The molecular formula is C20H22O6. The van der Waals surface area contributed by atoms with Crippen LogP contribution in [-0.4, -0.2) is 12.3 Å². The third-order valence-corrected chi connectivity index (χ3v) is 3.79. The van der Waals surface area contributed by atoms with Gasteiger partial charge in [0.25, 0.3) is 0 Å². The third-order valence-electron chi connectivity index (χ3n) is 3.79. The van der Waals surface area contributed by atoms with Crippen LogP contribution >= 0.6 is 0 Å². The van der Waals surface area contributed by atoms with Crippen molar-refractivity contribution in [1.29, 1.82) is 0 Å². The molecule has 0 atom stereocenters. The minimum Gasteiger partial charge on any atom is -0.421 e. The lowest BCUT2D eigenvalue weighted by Gasteiger charge is -2.25. The van der Waals surface area contributed by atoms with Crippen LogP contribution in [0.15, 0.2) is 60.7 Å². The van der Waals surface area contributed by atoms with E-state index in [0.29, 0.717) is 0 Å². The zero-order chi connectivity index (χ0) is 19.2. The second kappa shape index (κ2) is 7.91. The van der Waals surface area contributed by atoms with Crippen LogP contribution in [0.2, 0.25) is 0 Å². The Hall–Kier alpha value is -3.02. The van der Waals surface area contributed by atoms with Crippen molar-refractivity contribution in [2.45, 2.75) is 38.9 Å². The molecule has 2 aromatic carbocycles. The van der Waals surface area contributed by atoms with Gasteiger partial charge in [-0.1, -0.05) is 60.7 Å². The van der Waals surface area contributed by atoms with Crippen LogP contribution in [0.25, 0.3) is 0 Å². The van der Waals surface area contributed by atoms with Crippen molar-refractivity contribution in [3.8, 4) is 0 Å². The lowest BCUT2D eigenvalue weighted by Crippen LogP contribution is -2.29. The molecule has 2 rings (SSSR count). The molecule has 0 unspecified atom stereocenters. The fourth-order valence-electron chi connectivity index (χ4n) is 2.32. The molecule has 0 amide bonds. The highest BCUT2D eigenvalue weighted by Crippen LogP contribution is 2.26. The molecule has 2 aromatic rings. The second-order valence-corrected chi connectivity index (χ2v) is 6.62. The average Bonchev–Trinajstić information content (AvgIpc) is 2.61. The van der Waals surface area contributed by atoms with E-state index in [0.717, 1.165) is 11.1 Å². The third kappa shape index (κ3) is 5.24. The molecule has 0 aliphatic carbocycles. The summed E-state index contributed by atoms with van der Waals surface area (Å²) in [4.78, 5) is 32.4. The van der Waals surface area contributed by atoms with Gasteiger partial charge in [0.2, 0.25) is 0 Å². The van der Waals surface area contributed by atoms with Gasteiger partial charge in [0.15, 0.2) is 0 Å². The zero-order valence-corrected chi connectivity index (χ0v) is 15.2. The van der Waals surface area contributed by atoms with E-state index in [4.69, 9.17) is 9.47 Å². The Bertz CT molecular complexity index is 672. The molecule has 0 bridgehead atoms. The predicted octanol–water partition coefficient (Wildman–Crippen LogP) is 5.08. The summed E-state index contributed by atoms with van der Waals surface area (Å²) < 4.78 is 10.4. The van der Waals surface area contributed by atoms with Gasteiger partial charge < -0.3 is 9.47 Å². The van der Waals surface area contributed by atoms with E-state index in [1.165, 1.54) is 0 Å². The second-order valence-electron chi connectivity index (χ2n) is 6.62. The van der Waals surface area contributed by atoms with E-state index in [9.17, 15) is 9.59 Å². The van der Waals surface area contributed by atoms with Gasteiger partial charge in [0, 0.05) is 0 Å². The van der Waals surface area contributed by atoms with Gasteiger partial charge in [-0.2, -0.15) is 19.4 Å². The molecule has 0 aliphatic rings. The first kappa shape index (κ1) is 19.3. The summed E-state index contributed by atoms with van der Waals surface area (Å²) in [6, 6.07) is 18.2. The predicted molar refractivity (Wildman–Crippen MR) is 94.1 cm³/mol. The zero-order valence-electron chi connectivity index (χ0n) is 15.2. The van der Waals surface area contributed by atoms with Gasteiger partial charge in [-0.25, -0.2) is 0 Å². The molecule has 0 aliphatic heterocycles. The number of ether oxygens (including phenoxy) is 2.